The van der Waals surface area contributed by atoms with Gasteiger partial charge in [-0.2, -0.15) is 0 Å². The zero-order valence-corrected chi connectivity index (χ0v) is 20.9. The molecule has 8 heteroatoms. The van der Waals surface area contributed by atoms with E-state index in [1.54, 1.807) is 21.3 Å². The minimum absolute atomic E-state index is 0. The van der Waals surface area contributed by atoms with Crippen LogP contribution >= 0.6 is 39.9 Å². The molecule has 1 aromatic rings. The van der Waals surface area contributed by atoms with E-state index < -0.39 is 0 Å². The van der Waals surface area contributed by atoms with Crippen LogP contribution in [0.4, 0.5) is 0 Å². The first-order valence-corrected chi connectivity index (χ1v) is 9.80. The third-order valence-corrected chi connectivity index (χ3v) is 5.65. The van der Waals surface area contributed by atoms with Crippen molar-refractivity contribution in [2.75, 3.05) is 34.4 Å². The lowest BCUT2D eigenvalue weighted by atomic mass is 10.1. The monoisotopic (exact) mass is 554 g/mol. The van der Waals surface area contributed by atoms with Gasteiger partial charge in [-0.15, -0.1) is 24.0 Å². The maximum atomic E-state index is 5.40. The third kappa shape index (κ3) is 6.39. The summed E-state index contributed by atoms with van der Waals surface area (Å²) in [5.74, 6) is 2.82. The molecular formula is C19H32BrIN4O2. The average molecular weight is 555 g/mol. The van der Waals surface area contributed by atoms with Gasteiger partial charge in [0.1, 0.15) is 0 Å². The number of ether oxygens (including phenoxy) is 2. The van der Waals surface area contributed by atoms with E-state index in [9.17, 15) is 0 Å². The Labute approximate surface area is 188 Å². The van der Waals surface area contributed by atoms with Gasteiger partial charge in [0.25, 0.3) is 0 Å². The zero-order chi connectivity index (χ0) is 19.3. The van der Waals surface area contributed by atoms with Crippen LogP contribution in [0.2, 0.25) is 0 Å². The maximum Gasteiger partial charge on any atom is 0.191 e. The summed E-state index contributed by atoms with van der Waals surface area (Å²) in [6, 6.07) is 4.87. The molecule has 2 N–H and O–H groups in total. The molecule has 1 aliphatic rings. The molecule has 0 spiro atoms. The first kappa shape index (κ1) is 24.3. The first-order chi connectivity index (χ1) is 12.4. The van der Waals surface area contributed by atoms with Crippen LogP contribution in [-0.2, 0) is 6.54 Å². The number of likely N-dealkylation sites (tertiary alicyclic amines) is 1. The molecular weight excluding hydrogens is 523 g/mol. The van der Waals surface area contributed by atoms with Crippen molar-refractivity contribution in [3.8, 4) is 11.5 Å². The molecule has 0 amide bonds. The van der Waals surface area contributed by atoms with E-state index in [4.69, 9.17) is 9.47 Å². The molecule has 2 atom stereocenters. The van der Waals surface area contributed by atoms with E-state index in [1.807, 2.05) is 12.1 Å². The fourth-order valence-electron chi connectivity index (χ4n) is 3.19. The van der Waals surface area contributed by atoms with Crippen molar-refractivity contribution in [3.63, 3.8) is 0 Å². The summed E-state index contributed by atoms with van der Waals surface area (Å²) in [5, 5.41) is 6.97. The first-order valence-electron chi connectivity index (χ1n) is 9.01. The highest BCUT2D eigenvalue weighted by Crippen LogP contribution is 2.33. The SMILES string of the molecule is CN=C(NCc1cc(OC)c(OC)cc1Br)NC1CN(C(C)C)CC1C.I. The van der Waals surface area contributed by atoms with Gasteiger partial charge in [-0.05, 0) is 37.5 Å². The molecule has 27 heavy (non-hydrogen) atoms. The predicted octanol–water partition coefficient (Wildman–Crippen LogP) is 3.48. The van der Waals surface area contributed by atoms with Gasteiger partial charge in [0.2, 0.25) is 0 Å². The van der Waals surface area contributed by atoms with Crippen molar-refractivity contribution in [1.82, 2.24) is 15.5 Å². The minimum Gasteiger partial charge on any atom is -0.493 e. The van der Waals surface area contributed by atoms with Crippen molar-refractivity contribution in [1.29, 1.82) is 0 Å². The molecule has 154 valence electrons. The number of hydrogen-bond acceptors (Lipinski definition) is 4. The number of aliphatic imine (C=N–C) groups is 1. The van der Waals surface area contributed by atoms with Gasteiger partial charge >= 0.3 is 0 Å². The Morgan fingerprint density at radius 2 is 1.89 bits per heavy atom. The van der Waals surface area contributed by atoms with Crippen molar-refractivity contribution in [2.45, 2.75) is 39.4 Å². The molecule has 1 fully saturated rings. The maximum absolute atomic E-state index is 5.40. The highest BCUT2D eigenvalue weighted by molar-refractivity contribution is 14.0. The van der Waals surface area contributed by atoms with Gasteiger partial charge < -0.3 is 20.1 Å². The normalized spacial score (nSPS) is 20.4. The molecule has 6 nitrogen and oxygen atoms in total. The molecule has 0 radical (unpaired) electrons. The lowest BCUT2D eigenvalue weighted by molar-refractivity contribution is 0.265. The Morgan fingerprint density at radius 3 is 2.41 bits per heavy atom. The van der Waals surface area contributed by atoms with Crippen LogP contribution in [0.5, 0.6) is 11.5 Å². The summed E-state index contributed by atoms with van der Waals surface area (Å²) in [7, 11) is 5.08. The topological polar surface area (TPSA) is 58.1 Å². The molecule has 0 saturated carbocycles. The van der Waals surface area contributed by atoms with Crippen LogP contribution in [0.15, 0.2) is 21.6 Å². The van der Waals surface area contributed by atoms with E-state index in [2.05, 4.69) is 57.2 Å². The Kier molecular flexibility index (Phi) is 10.2. The van der Waals surface area contributed by atoms with Crippen LogP contribution in [0.1, 0.15) is 26.3 Å². The summed E-state index contributed by atoms with van der Waals surface area (Å²) in [6.07, 6.45) is 0. The molecule has 0 aliphatic carbocycles. The molecule has 2 rings (SSSR count). The number of halogens is 2. The second-order valence-corrected chi connectivity index (χ2v) is 7.85. The summed E-state index contributed by atoms with van der Waals surface area (Å²) >= 11 is 3.60. The van der Waals surface area contributed by atoms with E-state index >= 15 is 0 Å². The van der Waals surface area contributed by atoms with Crippen LogP contribution in [-0.4, -0.2) is 57.3 Å². The number of benzene rings is 1. The smallest absolute Gasteiger partial charge is 0.191 e. The standard InChI is InChI=1S/C19H31BrN4O2.HI/c1-12(2)24-10-13(3)16(11-24)23-19(21-4)22-9-14-7-17(25-5)18(26-6)8-15(14)20;/h7-8,12-13,16H,9-11H2,1-6H3,(H2,21,22,23);1H. The number of rotatable bonds is 6. The van der Waals surface area contributed by atoms with Gasteiger partial charge in [-0.1, -0.05) is 22.9 Å². The van der Waals surface area contributed by atoms with E-state index in [0.29, 0.717) is 36.0 Å². The van der Waals surface area contributed by atoms with Crippen molar-refractivity contribution in [2.24, 2.45) is 10.9 Å². The van der Waals surface area contributed by atoms with E-state index in [0.717, 1.165) is 29.1 Å². The number of hydrogen-bond donors (Lipinski definition) is 2. The van der Waals surface area contributed by atoms with Gasteiger partial charge in [0.05, 0.1) is 14.2 Å². The predicted molar refractivity (Wildman–Crippen MR) is 126 cm³/mol. The van der Waals surface area contributed by atoms with Crippen molar-refractivity contribution >= 4 is 45.9 Å². The summed E-state index contributed by atoms with van der Waals surface area (Å²) in [6.45, 7) is 9.58. The van der Waals surface area contributed by atoms with Gasteiger partial charge in [0, 0.05) is 43.2 Å². The average Bonchev–Trinajstić information content (AvgIpc) is 2.99. The number of guanidine groups is 1. The van der Waals surface area contributed by atoms with Crippen LogP contribution in [0.3, 0.4) is 0 Å². The largest absolute Gasteiger partial charge is 0.493 e. The van der Waals surface area contributed by atoms with Crippen LogP contribution < -0.4 is 20.1 Å². The van der Waals surface area contributed by atoms with Crippen molar-refractivity contribution < 1.29 is 9.47 Å². The Morgan fingerprint density at radius 1 is 1.26 bits per heavy atom. The third-order valence-electron chi connectivity index (χ3n) is 4.92. The van der Waals surface area contributed by atoms with Crippen LogP contribution in [0, 0.1) is 5.92 Å². The summed E-state index contributed by atoms with van der Waals surface area (Å²) in [5.41, 5.74) is 1.08. The molecule has 1 aromatic carbocycles. The van der Waals surface area contributed by atoms with Gasteiger partial charge in [0.15, 0.2) is 17.5 Å². The molecule has 0 bridgehead atoms. The second kappa shape index (κ2) is 11.3. The van der Waals surface area contributed by atoms with Crippen molar-refractivity contribution in [3.05, 3.63) is 22.2 Å². The van der Waals surface area contributed by atoms with Crippen LogP contribution in [0.25, 0.3) is 0 Å². The summed E-state index contributed by atoms with van der Waals surface area (Å²) < 4.78 is 11.7. The second-order valence-electron chi connectivity index (χ2n) is 7.00. The molecule has 0 aromatic heterocycles. The van der Waals surface area contributed by atoms with E-state index in [-0.39, 0.29) is 24.0 Å². The van der Waals surface area contributed by atoms with Gasteiger partial charge in [-0.25, -0.2) is 0 Å². The molecule has 1 saturated heterocycles. The molecule has 1 heterocycles. The lowest BCUT2D eigenvalue weighted by Gasteiger charge is -2.22. The number of methoxy groups -OCH3 is 2. The minimum atomic E-state index is 0. The zero-order valence-electron chi connectivity index (χ0n) is 17.0. The summed E-state index contributed by atoms with van der Waals surface area (Å²) in [4.78, 5) is 6.88. The quantitative estimate of drug-likeness (QED) is 0.320. The molecule has 1 aliphatic heterocycles. The lowest BCUT2D eigenvalue weighted by Crippen LogP contribution is -2.46. The Hall–Kier alpha value is -0.740. The fraction of sp³-hybridized carbons (Fsp3) is 0.632. The highest BCUT2D eigenvalue weighted by atomic mass is 127. The van der Waals surface area contributed by atoms with E-state index in [1.165, 1.54) is 0 Å². The Balaban J connectivity index is 0.00000364. The van der Waals surface area contributed by atoms with Gasteiger partial charge in [-0.3, -0.25) is 9.89 Å². The molecule has 2 unspecified atom stereocenters. The fourth-order valence-corrected chi connectivity index (χ4v) is 3.66. The number of nitrogens with zero attached hydrogens (tertiary/aromatic N) is 2. The number of nitrogens with one attached hydrogen (secondary N) is 2. The Bertz CT molecular complexity index is 642. The highest BCUT2D eigenvalue weighted by Gasteiger charge is 2.31.